The SMILES string of the molecule is Cc1ccc([N+](=O)[O-])cc1N(CCCC(=O)NCCOc1cccc2ccccc12)S(C)(=O)=O. The third-order valence-electron chi connectivity index (χ3n) is 5.27. The van der Waals surface area contributed by atoms with Gasteiger partial charge >= 0.3 is 0 Å². The van der Waals surface area contributed by atoms with E-state index in [4.69, 9.17) is 4.74 Å². The van der Waals surface area contributed by atoms with Gasteiger partial charge in [0.2, 0.25) is 15.9 Å². The van der Waals surface area contributed by atoms with Crippen molar-refractivity contribution in [3.8, 4) is 5.75 Å². The Labute approximate surface area is 198 Å². The van der Waals surface area contributed by atoms with E-state index in [2.05, 4.69) is 5.32 Å². The molecular formula is C24H27N3O6S. The first kappa shape index (κ1) is 25.0. The van der Waals surface area contributed by atoms with Gasteiger partial charge in [-0.3, -0.25) is 19.2 Å². The molecule has 0 spiro atoms. The van der Waals surface area contributed by atoms with Crippen LogP contribution in [-0.4, -0.2) is 45.2 Å². The van der Waals surface area contributed by atoms with Crippen molar-refractivity contribution in [3.05, 3.63) is 76.3 Å². The number of nitrogens with zero attached hydrogens (tertiary/aromatic N) is 2. The predicted octanol–water partition coefficient (Wildman–Crippen LogP) is 3.80. The number of nitro benzene ring substituents is 1. The second-order valence-electron chi connectivity index (χ2n) is 7.84. The highest BCUT2D eigenvalue weighted by atomic mass is 32.2. The molecule has 3 aromatic rings. The van der Waals surface area contributed by atoms with Crippen molar-refractivity contribution in [1.82, 2.24) is 5.32 Å². The number of carbonyl (C=O) groups is 1. The Morgan fingerprint density at radius 3 is 2.59 bits per heavy atom. The van der Waals surface area contributed by atoms with Crippen LogP contribution in [0.5, 0.6) is 5.75 Å². The fraction of sp³-hybridized carbons (Fsp3) is 0.292. The normalized spacial score (nSPS) is 11.2. The van der Waals surface area contributed by atoms with Gasteiger partial charge in [0, 0.05) is 30.5 Å². The number of ether oxygens (including phenoxy) is 1. The van der Waals surface area contributed by atoms with E-state index in [9.17, 15) is 23.3 Å². The third-order valence-corrected chi connectivity index (χ3v) is 6.45. The third kappa shape index (κ3) is 6.44. The Bertz CT molecular complexity index is 1290. The van der Waals surface area contributed by atoms with Gasteiger partial charge in [-0.1, -0.05) is 42.5 Å². The number of rotatable bonds is 11. The quantitative estimate of drug-likeness (QED) is 0.251. The van der Waals surface area contributed by atoms with E-state index in [-0.39, 0.29) is 36.7 Å². The summed E-state index contributed by atoms with van der Waals surface area (Å²) in [6, 6.07) is 17.7. The Hall–Kier alpha value is -3.66. The van der Waals surface area contributed by atoms with E-state index in [0.717, 1.165) is 27.1 Å². The molecule has 34 heavy (non-hydrogen) atoms. The smallest absolute Gasteiger partial charge is 0.271 e. The van der Waals surface area contributed by atoms with E-state index in [1.165, 1.54) is 18.2 Å². The molecule has 0 heterocycles. The summed E-state index contributed by atoms with van der Waals surface area (Å²) in [5.74, 6) is 0.509. The maximum Gasteiger partial charge on any atom is 0.271 e. The molecule has 0 aromatic heterocycles. The van der Waals surface area contributed by atoms with Crippen LogP contribution in [0.1, 0.15) is 18.4 Å². The molecule has 0 fully saturated rings. The Morgan fingerprint density at radius 2 is 1.85 bits per heavy atom. The number of benzene rings is 3. The Morgan fingerprint density at radius 1 is 1.12 bits per heavy atom. The maximum absolute atomic E-state index is 12.3. The summed E-state index contributed by atoms with van der Waals surface area (Å²) >= 11 is 0. The first-order valence-electron chi connectivity index (χ1n) is 10.8. The maximum atomic E-state index is 12.3. The van der Waals surface area contributed by atoms with Crippen LogP contribution in [-0.2, 0) is 14.8 Å². The zero-order valence-corrected chi connectivity index (χ0v) is 19.9. The summed E-state index contributed by atoms with van der Waals surface area (Å²) in [5.41, 5.74) is 0.629. The molecule has 3 aromatic carbocycles. The molecule has 10 heteroatoms. The highest BCUT2D eigenvalue weighted by Crippen LogP contribution is 2.28. The molecule has 0 unspecified atom stereocenters. The summed E-state index contributed by atoms with van der Waals surface area (Å²) in [4.78, 5) is 22.7. The van der Waals surface area contributed by atoms with E-state index in [1.807, 2.05) is 42.5 Å². The molecule has 0 bridgehead atoms. The van der Waals surface area contributed by atoms with Gasteiger partial charge in [0.25, 0.3) is 5.69 Å². The number of aryl methyl sites for hydroxylation is 1. The van der Waals surface area contributed by atoms with Gasteiger partial charge in [0.05, 0.1) is 23.4 Å². The van der Waals surface area contributed by atoms with Gasteiger partial charge in [-0.25, -0.2) is 8.42 Å². The summed E-state index contributed by atoms with van der Waals surface area (Å²) in [6.07, 6.45) is 1.40. The molecule has 0 saturated heterocycles. The van der Waals surface area contributed by atoms with Crippen LogP contribution in [0.3, 0.4) is 0 Å². The minimum Gasteiger partial charge on any atom is -0.491 e. The number of sulfonamides is 1. The van der Waals surface area contributed by atoms with Crippen molar-refractivity contribution >= 4 is 38.1 Å². The van der Waals surface area contributed by atoms with Crippen molar-refractivity contribution in [1.29, 1.82) is 0 Å². The Balaban J connectivity index is 1.51. The molecule has 0 saturated carbocycles. The van der Waals surface area contributed by atoms with Gasteiger partial charge in [-0.15, -0.1) is 0 Å². The van der Waals surface area contributed by atoms with Crippen molar-refractivity contribution in [3.63, 3.8) is 0 Å². The van der Waals surface area contributed by atoms with Gasteiger partial charge < -0.3 is 10.1 Å². The number of anilines is 1. The van der Waals surface area contributed by atoms with Crippen molar-refractivity contribution in [2.24, 2.45) is 0 Å². The van der Waals surface area contributed by atoms with Gasteiger partial charge in [0.1, 0.15) is 12.4 Å². The molecule has 0 atom stereocenters. The largest absolute Gasteiger partial charge is 0.491 e. The standard InChI is InChI=1S/C24H27N3O6S/c1-18-12-13-20(27(29)30)17-22(18)26(34(2,31)32)15-6-11-24(28)25-14-16-33-23-10-5-8-19-7-3-4-9-21(19)23/h3-5,7-10,12-13,17H,6,11,14-16H2,1-2H3,(H,25,28). The molecule has 0 aliphatic carbocycles. The van der Waals surface area contributed by atoms with Crippen LogP contribution >= 0.6 is 0 Å². The zero-order chi connectivity index (χ0) is 24.7. The second kappa shape index (κ2) is 11.0. The molecule has 1 amide bonds. The summed E-state index contributed by atoms with van der Waals surface area (Å²) in [6.45, 7) is 2.31. The van der Waals surface area contributed by atoms with Gasteiger partial charge in [0.15, 0.2) is 0 Å². The first-order valence-corrected chi connectivity index (χ1v) is 12.6. The van der Waals surface area contributed by atoms with Crippen LogP contribution in [0, 0.1) is 17.0 Å². The predicted molar refractivity (Wildman–Crippen MR) is 132 cm³/mol. The van der Waals surface area contributed by atoms with Crippen molar-refractivity contribution < 1.29 is 22.9 Å². The molecule has 9 nitrogen and oxygen atoms in total. The van der Waals surface area contributed by atoms with Crippen LogP contribution < -0.4 is 14.4 Å². The average Bonchev–Trinajstić information content (AvgIpc) is 2.79. The van der Waals surface area contributed by atoms with E-state index < -0.39 is 14.9 Å². The van der Waals surface area contributed by atoms with Crippen LogP contribution in [0.2, 0.25) is 0 Å². The van der Waals surface area contributed by atoms with Gasteiger partial charge in [-0.05, 0) is 30.4 Å². The molecule has 3 rings (SSSR count). The average molecular weight is 486 g/mol. The first-order chi connectivity index (χ1) is 16.2. The minimum atomic E-state index is -3.69. The fourth-order valence-corrected chi connectivity index (χ4v) is 4.60. The highest BCUT2D eigenvalue weighted by molar-refractivity contribution is 7.92. The summed E-state index contributed by atoms with van der Waals surface area (Å²) in [5, 5.41) is 15.9. The minimum absolute atomic E-state index is 0.0285. The fourth-order valence-electron chi connectivity index (χ4n) is 3.59. The van der Waals surface area contributed by atoms with Crippen molar-refractivity contribution in [2.75, 3.05) is 30.3 Å². The lowest BCUT2D eigenvalue weighted by Gasteiger charge is -2.24. The summed E-state index contributed by atoms with van der Waals surface area (Å²) in [7, 11) is -3.69. The number of hydrogen-bond donors (Lipinski definition) is 1. The van der Waals surface area contributed by atoms with E-state index in [0.29, 0.717) is 18.7 Å². The highest BCUT2D eigenvalue weighted by Gasteiger charge is 2.22. The van der Waals surface area contributed by atoms with Gasteiger partial charge in [-0.2, -0.15) is 0 Å². The van der Waals surface area contributed by atoms with Crippen LogP contribution in [0.15, 0.2) is 60.7 Å². The molecule has 0 aliphatic rings. The van der Waals surface area contributed by atoms with E-state index in [1.54, 1.807) is 6.92 Å². The van der Waals surface area contributed by atoms with Crippen molar-refractivity contribution in [2.45, 2.75) is 19.8 Å². The number of non-ortho nitro benzene ring substituents is 1. The lowest BCUT2D eigenvalue weighted by Crippen LogP contribution is -2.33. The monoisotopic (exact) mass is 485 g/mol. The Kier molecular flexibility index (Phi) is 8.06. The number of amides is 1. The lowest BCUT2D eigenvalue weighted by molar-refractivity contribution is -0.384. The molecule has 180 valence electrons. The number of nitrogens with one attached hydrogen (secondary N) is 1. The van der Waals surface area contributed by atoms with E-state index >= 15 is 0 Å². The number of hydrogen-bond acceptors (Lipinski definition) is 6. The number of fused-ring (bicyclic) bond motifs is 1. The lowest BCUT2D eigenvalue weighted by atomic mass is 10.1. The number of nitro groups is 1. The molecule has 1 N–H and O–H groups in total. The topological polar surface area (TPSA) is 119 Å². The summed E-state index contributed by atoms with van der Waals surface area (Å²) < 4.78 is 31.5. The van der Waals surface area contributed by atoms with Crippen LogP contribution in [0.4, 0.5) is 11.4 Å². The molecule has 0 radical (unpaired) electrons. The second-order valence-corrected chi connectivity index (χ2v) is 9.75. The zero-order valence-electron chi connectivity index (χ0n) is 19.1. The number of carbonyl (C=O) groups excluding carboxylic acids is 1. The molecular weight excluding hydrogens is 458 g/mol. The molecule has 0 aliphatic heterocycles. The van der Waals surface area contributed by atoms with Crippen LogP contribution in [0.25, 0.3) is 10.8 Å².